The van der Waals surface area contributed by atoms with Gasteiger partial charge >= 0.3 is 0 Å². The fourth-order valence-electron chi connectivity index (χ4n) is 2.71. The third-order valence-electron chi connectivity index (χ3n) is 3.75. The van der Waals surface area contributed by atoms with E-state index in [9.17, 15) is 0 Å². The third-order valence-corrected chi connectivity index (χ3v) is 3.75. The second-order valence-corrected chi connectivity index (χ2v) is 5.27. The Bertz CT molecular complexity index is 702. The fourth-order valence-corrected chi connectivity index (χ4v) is 2.71. The van der Waals surface area contributed by atoms with Gasteiger partial charge in [0.15, 0.2) is 0 Å². The van der Waals surface area contributed by atoms with E-state index in [1.807, 2.05) is 12.3 Å². The standard InChI is InChI=1S/C19H20N2/c1-2-8-17(15-9-4-3-5-10-15)21-19-13-6-12-18-16(19)11-7-14-20-18/h3-7,9-14,17,21H,2,8H2,1H3. The van der Waals surface area contributed by atoms with E-state index in [1.165, 1.54) is 10.9 Å². The molecule has 0 spiro atoms. The molecule has 0 saturated heterocycles. The van der Waals surface area contributed by atoms with Gasteiger partial charge in [0.1, 0.15) is 0 Å². The molecular weight excluding hydrogens is 256 g/mol. The van der Waals surface area contributed by atoms with Crippen molar-refractivity contribution in [2.75, 3.05) is 5.32 Å². The molecule has 3 aromatic rings. The minimum Gasteiger partial charge on any atom is -0.378 e. The van der Waals surface area contributed by atoms with Crippen molar-refractivity contribution in [2.24, 2.45) is 0 Å². The highest BCUT2D eigenvalue weighted by atomic mass is 14.9. The molecule has 1 heterocycles. The molecule has 3 rings (SSSR count). The number of anilines is 1. The zero-order valence-corrected chi connectivity index (χ0v) is 12.3. The maximum absolute atomic E-state index is 4.43. The fraction of sp³-hybridized carbons (Fsp3) is 0.211. The zero-order chi connectivity index (χ0) is 14.5. The van der Waals surface area contributed by atoms with E-state index in [4.69, 9.17) is 0 Å². The smallest absolute Gasteiger partial charge is 0.0722 e. The van der Waals surface area contributed by atoms with Gasteiger partial charge in [-0.05, 0) is 36.2 Å². The van der Waals surface area contributed by atoms with E-state index < -0.39 is 0 Å². The molecule has 1 N–H and O–H groups in total. The van der Waals surface area contributed by atoms with Gasteiger partial charge in [-0.25, -0.2) is 0 Å². The van der Waals surface area contributed by atoms with Gasteiger partial charge in [0.2, 0.25) is 0 Å². The summed E-state index contributed by atoms with van der Waals surface area (Å²) >= 11 is 0. The monoisotopic (exact) mass is 276 g/mol. The van der Waals surface area contributed by atoms with E-state index >= 15 is 0 Å². The molecule has 1 atom stereocenters. The molecule has 0 bridgehead atoms. The molecule has 2 heteroatoms. The van der Waals surface area contributed by atoms with Gasteiger partial charge in [0, 0.05) is 17.3 Å². The molecule has 0 aliphatic heterocycles. The van der Waals surface area contributed by atoms with Crippen molar-refractivity contribution in [3.8, 4) is 0 Å². The minimum absolute atomic E-state index is 0.335. The van der Waals surface area contributed by atoms with E-state index in [0.29, 0.717) is 6.04 Å². The lowest BCUT2D eigenvalue weighted by molar-refractivity contribution is 0.678. The second kappa shape index (κ2) is 6.40. The van der Waals surface area contributed by atoms with Crippen LogP contribution in [0.4, 0.5) is 5.69 Å². The van der Waals surface area contributed by atoms with Crippen molar-refractivity contribution in [2.45, 2.75) is 25.8 Å². The van der Waals surface area contributed by atoms with Gasteiger partial charge in [-0.3, -0.25) is 4.98 Å². The second-order valence-electron chi connectivity index (χ2n) is 5.27. The number of fused-ring (bicyclic) bond motifs is 1. The predicted molar refractivity (Wildman–Crippen MR) is 89.5 cm³/mol. The Morgan fingerprint density at radius 3 is 2.62 bits per heavy atom. The Labute approximate surface area is 125 Å². The van der Waals surface area contributed by atoms with Crippen LogP contribution in [0.3, 0.4) is 0 Å². The highest BCUT2D eigenvalue weighted by Crippen LogP contribution is 2.28. The van der Waals surface area contributed by atoms with Crippen molar-refractivity contribution in [1.82, 2.24) is 4.98 Å². The molecule has 21 heavy (non-hydrogen) atoms. The van der Waals surface area contributed by atoms with Gasteiger partial charge in [0.25, 0.3) is 0 Å². The number of hydrogen-bond donors (Lipinski definition) is 1. The molecule has 0 saturated carbocycles. The van der Waals surface area contributed by atoms with Gasteiger partial charge in [-0.1, -0.05) is 49.7 Å². The van der Waals surface area contributed by atoms with Crippen molar-refractivity contribution >= 4 is 16.6 Å². The molecule has 106 valence electrons. The number of pyridine rings is 1. The maximum atomic E-state index is 4.43. The van der Waals surface area contributed by atoms with Gasteiger partial charge in [0.05, 0.1) is 11.6 Å². The number of nitrogens with zero attached hydrogens (tertiary/aromatic N) is 1. The Morgan fingerprint density at radius 2 is 1.81 bits per heavy atom. The molecule has 1 aromatic heterocycles. The Balaban J connectivity index is 1.95. The Morgan fingerprint density at radius 1 is 0.952 bits per heavy atom. The van der Waals surface area contributed by atoms with Crippen LogP contribution in [0.5, 0.6) is 0 Å². The van der Waals surface area contributed by atoms with Crippen LogP contribution in [0, 0.1) is 0 Å². The van der Waals surface area contributed by atoms with Crippen LogP contribution in [0.1, 0.15) is 31.4 Å². The summed E-state index contributed by atoms with van der Waals surface area (Å²) in [6, 6.07) is 21.3. The lowest BCUT2D eigenvalue weighted by atomic mass is 10.0. The summed E-state index contributed by atoms with van der Waals surface area (Å²) < 4.78 is 0. The molecule has 0 aliphatic carbocycles. The van der Waals surface area contributed by atoms with Crippen molar-refractivity contribution in [1.29, 1.82) is 0 Å². The Hall–Kier alpha value is -2.35. The molecule has 2 aromatic carbocycles. The summed E-state index contributed by atoms with van der Waals surface area (Å²) in [5, 5.41) is 4.88. The SMILES string of the molecule is CCCC(Nc1cccc2ncccc12)c1ccccc1. The first-order valence-corrected chi connectivity index (χ1v) is 7.53. The van der Waals surface area contributed by atoms with Crippen LogP contribution in [-0.2, 0) is 0 Å². The normalized spacial score (nSPS) is 12.2. The number of nitrogens with one attached hydrogen (secondary N) is 1. The third kappa shape index (κ3) is 3.05. The first-order chi connectivity index (χ1) is 10.4. The molecule has 0 radical (unpaired) electrons. The van der Waals surface area contributed by atoms with E-state index in [0.717, 1.165) is 24.0 Å². The van der Waals surface area contributed by atoms with Crippen LogP contribution < -0.4 is 5.32 Å². The highest BCUT2D eigenvalue weighted by molar-refractivity contribution is 5.91. The number of aromatic nitrogens is 1. The van der Waals surface area contributed by atoms with Crippen molar-refractivity contribution < 1.29 is 0 Å². The molecule has 1 unspecified atom stereocenters. The molecule has 0 aliphatic rings. The van der Waals surface area contributed by atoms with Crippen LogP contribution in [0.25, 0.3) is 10.9 Å². The number of benzene rings is 2. The van der Waals surface area contributed by atoms with Crippen LogP contribution in [0.15, 0.2) is 66.9 Å². The number of rotatable bonds is 5. The minimum atomic E-state index is 0.335. The first kappa shape index (κ1) is 13.6. The van der Waals surface area contributed by atoms with Crippen molar-refractivity contribution in [3.05, 3.63) is 72.4 Å². The Kier molecular flexibility index (Phi) is 4.15. The lowest BCUT2D eigenvalue weighted by Crippen LogP contribution is -2.10. The average Bonchev–Trinajstić information content (AvgIpc) is 2.55. The summed E-state index contributed by atoms with van der Waals surface area (Å²) in [7, 11) is 0. The summed E-state index contributed by atoms with van der Waals surface area (Å²) in [5.74, 6) is 0. The largest absolute Gasteiger partial charge is 0.378 e. The topological polar surface area (TPSA) is 24.9 Å². The summed E-state index contributed by atoms with van der Waals surface area (Å²) in [6.07, 6.45) is 4.10. The molecule has 0 fully saturated rings. The summed E-state index contributed by atoms with van der Waals surface area (Å²) in [6.45, 7) is 2.22. The van der Waals surface area contributed by atoms with Gasteiger partial charge in [-0.15, -0.1) is 0 Å². The van der Waals surface area contributed by atoms with Crippen molar-refractivity contribution in [3.63, 3.8) is 0 Å². The average molecular weight is 276 g/mol. The summed E-state index contributed by atoms with van der Waals surface area (Å²) in [5.41, 5.74) is 3.52. The number of hydrogen-bond acceptors (Lipinski definition) is 2. The van der Waals surface area contributed by atoms with E-state index in [1.54, 1.807) is 0 Å². The lowest BCUT2D eigenvalue weighted by Gasteiger charge is -2.21. The van der Waals surface area contributed by atoms with E-state index in [-0.39, 0.29) is 0 Å². The highest BCUT2D eigenvalue weighted by Gasteiger charge is 2.11. The van der Waals surface area contributed by atoms with E-state index in [2.05, 4.69) is 71.8 Å². The predicted octanol–water partition coefficient (Wildman–Crippen LogP) is 5.19. The zero-order valence-electron chi connectivity index (χ0n) is 12.3. The van der Waals surface area contributed by atoms with Crippen LogP contribution in [-0.4, -0.2) is 4.98 Å². The summed E-state index contributed by atoms with van der Waals surface area (Å²) in [4.78, 5) is 4.43. The van der Waals surface area contributed by atoms with Crippen LogP contribution in [0.2, 0.25) is 0 Å². The van der Waals surface area contributed by atoms with Crippen LogP contribution >= 0.6 is 0 Å². The van der Waals surface area contributed by atoms with Gasteiger partial charge < -0.3 is 5.32 Å². The quantitative estimate of drug-likeness (QED) is 0.693. The van der Waals surface area contributed by atoms with Gasteiger partial charge in [-0.2, -0.15) is 0 Å². The first-order valence-electron chi connectivity index (χ1n) is 7.53. The molecular formula is C19H20N2. The maximum Gasteiger partial charge on any atom is 0.0722 e. The molecule has 2 nitrogen and oxygen atoms in total. The molecule has 0 amide bonds.